The van der Waals surface area contributed by atoms with E-state index in [-0.39, 0.29) is 43.3 Å². The molecule has 4 atom stereocenters. The molecule has 0 spiro atoms. The number of benzene rings is 1. The Kier molecular flexibility index (Phi) is 6.88. The molecule has 35 heavy (non-hydrogen) atoms. The van der Waals surface area contributed by atoms with Crippen LogP contribution >= 0.6 is 0 Å². The molecule has 4 rings (SSSR count). The number of fused-ring (bicyclic) bond motifs is 2. The fourth-order valence-electron chi connectivity index (χ4n) is 5.75. The lowest BCUT2D eigenvalue weighted by Crippen LogP contribution is -2.57. The Morgan fingerprint density at radius 3 is 2.31 bits per heavy atom. The predicted molar refractivity (Wildman–Crippen MR) is 111 cm³/mol. The predicted octanol–water partition coefficient (Wildman–Crippen LogP) is 4.02. The Hall–Kier alpha value is -2.25. The van der Waals surface area contributed by atoms with Crippen molar-refractivity contribution in [2.75, 3.05) is 13.2 Å². The third-order valence-corrected chi connectivity index (χ3v) is 7.21. The number of rotatable bonds is 7. The average molecular weight is 507 g/mol. The molecule has 1 aromatic heterocycles. The van der Waals surface area contributed by atoms with Gasteiger partial charge in [0.05, 0.1) is 37.0 Å². The minimum absolute atomic E-state index is 0.0412. The number of tetrazole rings is 1. The Labute approximate surface area is 198 Å². The van der Waals surface area contributed by atoms with E-state index in [1.54, 1.807) is 4.68 Å². The first kappa shape index (κ1) is 25.8. The van der Waals surface area contributed by atoms with Crippen LogP contribution in [0.2, 0.25) is 0 Å². The first-order chi connectivity index (χ1) is 16.4. The summed E-state index contributed by atoms with van der Waals surface area (Å²) in [6.07, 6.45) is -8.30. The standard InChI is InChI=1S/C22H27F6N5O2/c1-3-32-17-4-5-18(20(32,2)11-16(17)19-29-30-31-33(19)6-7-34)35-12-13-8-14(21(23,24)25)10-15(9-13)22(26,27)28/h8-10,16-18,34H,3-7,11-12H2,1-2H3. The molecule has 3 heterocycles. The van der Waals surface area contributed by atoms with Crippen LogP contribution in [-0.2, 0) is 30.2 Å². The molecule has 2 saturated heterocycles. The first-order valence-corrected chi connectivity index (χ1v) is 11.4. The van der Waals surface area contributed by atoms with Gasteiger partial charge in [0.15, 0.2) is 5.82 Å². The third-order valence-electron chi connectivity index (χ3n) is 7.21. The van der Waals surface area contributed by atoms with E-state index in [0.717, 1.165) is 0 Å². The molecule has 7 nitrogen and oxygen atoms in total. The number of hydrogen-bond donors (Lipinski definition) is 1. The molecule has 0 amide bonds. The van der Waals surface area contributed by atoms with E-state index >= 15 is 0 Å². The van der Waals surface area contributed by atoms with Crippen molar-refractivity contribution >= 4 is 0 Å². The van der Waals surface area contributed by atoms with Gasteiger partial charge in [-0.2, -0.15) is 26.3 Å². The molecule has 2 aliphatic heterocycles. The number of likely N-dealkylation sites (N-methyl/N-ethyl adjacent to an activating group) is 1. The van der Waals surface area contributed by atoms with Gasteiger partial charge in [-0.3, -0.25) is 4.90 Å². The van der Waals surface area contributed by atoms with Gasteiger partial charge in [-0.25, -0.2) is 4.68 Å². The number of aromatic nitrogens is 4. The number of halogens is 6. The lowest BCUT2D eigenvalue weighted by molar-refractivity contribution is -0.143. The Balaban J connectivity index is 1.57. The molecule has 2 bridgehead atoms. The van der Waals surface area contributed by atoms with Gasteiger partial charge in [-0.1, -0.05) is 6.92 Å². The van der Waals surface area contributed by atoms with E-state index in [9.17, 15) is 31.4 Å². The third kappa shape index (κ3) is 4.90. The summed E-state index contributed by atoms with van der Waals surface area (Å²) in [4.78, 5) is 2.26. The van der Waals surface area contributed by atoms with E-state index in [2.05, 4.69) is 20.4 Å². The molecule has 1 aromatic carbocycles. The van der Waals surface area contributed by atoms with E-state index in [0.29, 0.717) is 43.8 Å². The fraction of sp³-hybridized carbons (Fsp3) is 0.682. The van der Waals surface area contributed by atoms with Gasteiger partial charge >= 0.3 is 12.4 Å². The monoisotopic (exact) mass is 507 g/mol. The van der Waals surface area contributed by atoms with Crippen LogP contribution in [0.15, 0.2) is 18.2 Å². The minimum atomic E-state index is -4.91. The van der Waals surface area contributed by atoms with E-state index in [1.165, 1.54) is 0 Å². The van der Waals surface area contributed by atoms with E-state index in [1.807, 2.05) is 13.8 Å². The van der Waals surface area contributed by atoms with Crippen LogP contribution in [-0.4, -0.2) is 61.1 Å². The Morgan fingerprint density at radius 2 is 1.74 bits per heavy atom. The van der Waals surface area contributed by atoms with E-state index in [4.69, 9.17) is 4.74 Å². The summed E-state index contributed by atoms with van der Waals surface area (Å²) >= 11 is 0. The second-order valence-electron chi connectivity index (χ2n) is 9.30. The second-order valence-corrected chi connectivity index (χ2v) is 9.30. The van der Waals surface area contributed by atoms with Crippen LogP contribution in [0.4, 0.5) is 26.3 Å². The summed E-state index contributed by atoms with van der Waals surface area (Å²) in [6.45, 7) is 4.44. The van der Waals surface area contributed by atoms with Crippen molar-refractivity contribution in [3.63, 3.8) is 0 Å². The molecule has 13 heteroatoms. The van der Waals surface area contributed by atoms with Crippen molar-refractivity contribution in [3.8, 4) is 0 Å². The van der Waals surface area contributed by atoms with Crippen molar-refractivity contribution in [1.82, 2.24) is 25.1 Å². The zero-order valence-electron chi connectivity index (χ0n) is 19.3. The second kappa shape index (κ2) is 9.32. The lowest BCUT2D eigenvalue weighted by atomic mass is 9.86. The molecule has 0 saturated carbocycles. The van der Waals surface area contributed by atoms with Gasteiger partial charge in [0.25, 0.3) is 0 Å². The summed E-state index contributed by atoms with van der Waals surface area (Å²) in [6, 6.07) is 1.65. The van der Waals surface area contributed by atoms with Gasteiger partial charge in [0.2, 0.25) is 0 Å². The zero-order chi connectivity index (χ0) is 25.6. The van der Waals surface area contributed by atoms with Gasteiger partial charge in [0, 0.05) is 17.5 Å². The molecule has 0 aliphatic carbocycles. The quantitative estimate of drug-likeness (QED) is 0.571. The Morgan fingerprint density at radius 1 is 1.09 bits per heavy atom. The number of nitrogens with zero attached hydrogens (tertiary/aromatic N) is 5. The van der Waals surface area contributed by atoms with Crippen LogP contribution in [0.5, 0.6) is 0 Å². The van der Waals surface area contributed by atoms with Crippen LogP contribution < -0.4 is 0 Å². The van der Waals surface area contributed by atoms with Gasteiger partial charge in [0.1, 0.15) is 0 Å². The molecule has 2 aliphatic rings. The first-order valence-electron chi connectivity index (χ1n) is 11.4. The summed E-state index contributed by atoms with van der Waals surface area (Å²) < 4.78 is 87.0. The minimum Gasteiger partial charge on any atom is -0.394 e. The summed E-state index contributed by atoms with van der Waals surface area (Å²) in [5, 5.41) is 21.2. The summed E-state index contributed by atoms with van der Waals surface area (Å²) in [7, 11) is 0. The number of aliphatic hydroxyl groups is 1. The highest BCUT2D eigenvalue weighted by Gasteiger charge is 2.57. The fourth-order valence-corrected chi connectivity index (χ4v) is 5.75. The van der Waals surface area contributed by atoms with Crippen LogP contribution in [0.1, 0.15) is 61.5 Å². The van der Waals surface area contributed by atoms with Crippen LogP contribution in [0.25, 0.3) is 0 Å². The van der Waals surface area contributed by atoms with Crippen molar-refractivity contribution in [2.24, 2.45) is 0 Å². The van der Waals surface area contributed by atoms with E-state index < -0.39 is 35.1 Å². The van der Waals surface area contributed by atoms with Gasteiger partial charge in [-0.15, -0.1) is 5.10 Å². The van der Waals surface area contributed by atoms with Crippen molar-refractivity contribution in [3.05, 3.63) is 40.7 Å². The molecule has 1 N–H and O–H groups in total. The highest BCUT2D eigenvalue weighted by molar-refractivity contribution is 5.33. The maximum Gasteiger partial charge on any atom is 0.416 e. The molecule has 2 fully saturated rings. The van der Waals surface area contributed by atoms with Crippen molar-refractivity contribution < 1.29 is 36.2 Å². The smallest absolute Gasteiger partial charge is 0.394 e. The topological polar surface area (TPSA) is 76.3 Å². The number of piperidine rings is 1. The summed E-state index contributed by atoms with van der Waals surface area (Å²) in [5.41, 5.74) is -3.39. The van der Waals surface area contributed by atoms with Gasteiger partial charge in [-0.05, 0) is 66.9 Å². The average Bonchev–Trinajstić information content (AvgIpc) is 3.30. The highest BCUT2D eigenvalue weighted by atomic mass is 19.4. The maximum absolute atomic E-state index is 13.2. The molecular weight excluding hydrogens is 480 g/mol. The molecule has 194 valence electrons. The molecule has 4 unspecified atom stereocenters. The number of ether oxygens (including phenoxy) is 1. The normalized spacial score (nSPS) is 27.5. The highest BCUT2D eigenvalue weighted by Crippen LogP contribution is 2.51. The van der Waals surface area contributed by atoms with Crippen molar-refractivity contribution in [2.45, 2.75) is 82.2 Å². The SMILES string of the molecule is CCN1C2CCC(OCc3cc(C(F)(F)F)cc(C(F)(F)F)c3)C1(C)CC2c1nnnn1CCO. The van der Waals surface area contributed by atoms with Crippen LogP contribution in [0, 0.1) is 0 Å². The number of hydrogen-bond acceptors (Lipinski definition) is 6. The molecule has 2 aromatic rings. The maximum atomic E-state index is 13.2. The van der Waals surface area contributed by atoms with Gasteiger partial charge < -0.3 is 9.84 Å². The van der Waals surface area contributed by atoms with Crippen LogP contribution in [0.3, 0.4) is 0 Å². The number of aliphatic hydroxyl groups excluding tert-OH is 1. The van der Waals surface area contributed by atoms with Crippen molar-refractivity contribution in [1.29, 1.82) is 0 Å². The zero-order valence-corrected chi connectivity index (χ0v) is 19.3. The lowest BCUT2D eigenvalue weighted by Gasteiger charge is -2.47. The summed E-state index contributed by atoms with van der Waals surface area (Å²) in [5.74, 6) is 0.611. The molecular formula is C22H27F6N5O2. The number of alkyl halides is 6. The Bertz CT molecular complexity index is 1010. The molecule has 0 radical (unpaired) electrons. The largest absolute Gasteiger partial charge is 0.416 e.